The van der Waals surface area contributed by atoms with Crippen LogP contribution in [0.25, 0.3) is 11.0 Å². The molecule has 1 aliphatic heterocycles. The molecule has 1 atom stereocenters. The largest absolute Gasteiger partial charge is 0.490 e. The van der Waals surface area contributed by atoms with Crippen molar-refractivity contribution in [2.24, 2.45) is 0 Å². The maximum Gasteiger partial charge on any atom is 0.290 e. The molecule has 190 valence electrons. The van der Waals surface area contributed by atoms with E-state index in [1.165, 1.54) is 0 Å². The van der Waals surface area contributed by atoms with Gasteiger partial charge in [-0.05, 0) is 62.8 Å². The third-order valence-corrected chi connectivity index (χ3v) is 6.58. The number of nitrogens with zero attached hydrogens (tertiary/aromatic N) is 2. The Morgan fingerprint density at radius 3 is 2.56 bits per heavy atom. The lowest BCUT2D eigenvalue weighted by atomic mass is 9.98. The van der Waals surface area contributed by atoms with E-state index in [1.54, 1.807) is 35.2 Å². The van der Waals surface area contributed by atoms with Gasteiger partial charge in [0.05, 0.1) is 23.6 Å². The van der Waals surface area contributed by atoms with E-state index in [9.17, 15) is 9.59 Å². The first-order chi connectivity index (χ1) is 17.5. The molecule has 2 aromatic carbocycles. The zero-order valence-corrected chi connectivity index (χ0v) is 21.3. The fraction of sp³-hybridized carbons (Fsp3) is 0.379. The maximum absolute atomic E-state index is 13.7. The normalized spacial score (nSPS) is 14.9. The van der Waals surface area contributed by atoms with Crippen LogP contribution in [-0.2, 0) is 0 Å². The Kier molecular flexibility index (Phi) is 8.10. The van der Waals surface area contributed by atoms with Crippen molar-refractivity contribution in [2.45, 2.75) is 33.2 Å². The fourth-order valence-electron chi connectivity index (χ4n) is 4.78. The Balaban J connectivity index is 1.80. The van der Waals surface area contributed by atoms with Crippen LogP contribution in [0.2, 0.25) is 0 Å². The molecule has 1 aromatic heterocycles. The quantitative estimate of drug-likeness (QED) is 0.332. The lowest BCUT2D eigenvalue weighted by Crippen LogP contribution is -2.33. The van der Waals surface area contributed by atoms with Gasteiger partial charge in [-0.25, -0.2) is 0 Å². The molecular weight excluding hydrogens is 456 g/mol. The van der Waals surface area contributed by atoms with Gasteiger partial charge in [0, 0.05) is 6.54 Å². The van der Waals surface area contributed by atoms with Gasteiger partial charge in [-0.3, -0.25) is 9.59 Å². The first kappa shape index (κ1) is 25.5. The predicted molar refractivity (Wildman–Crippen MR) is 141 cm³/mol. The summed E-state index contributed by atoms with van der Waals surface area (Å²) in [5.41, 5.74) is 1.40. The van der Waals surface area contributed by atoms with Crippen molar-refractivity contribution in [3.05, 3.63) is 82.2 Å². The Morgan fingerprint density at radius 2 is 1.83 bits per heavy atom. The summed E-state index contributed by atoms with van der Waals surface area (Å²) in [6, 6.07) is 12.1. The van der Waals surface area contributed by atoms with E-state index < -0.39 is 6.04 Å². The average Bonchev–Trinajstić information content (AvgIpc) is 3.17. The minimum Gasteiger partial charge on any atom is -0.490 e. The zero-order chi connectivity index (χ0) is 25.7. The number of hydrogen-bond donors (Lipinski definition) is 0. The molecule has 0 N–H and O–H groups in total. The number of fused-ring (bicyclic) bond motifs is 2. The molecule has 7 nitrogen and oxygen atoms in total. The molecule has 1 amide bonds. The molecule has 0 radical (unpaired) electrons. The second kappa shape index (κ2) is 11.4. The summed E-state index contributed by atoms with van der Waals surface area (Å²) in [6.07, 6.45) is 2.45. The second-order valence-corrected chi connectivity index (χ2v) is 8.69. The third kappa shape index (κ3) is 4.88. The summed E-state index contributed by atoms with van der Waals surface area (Å²) in [5.74, 6) is 1.01. The van der Waals surface area contributed by atoms with Crippen LogP contribution in [0.4, 0.5) is 0 Å². The van der Waals surface area contributed by atoms with E-state index in [-0.39, 0.29) is 17.1 Å². The van der Waals surface area contributed by atoms with Crippen LogP contribution >= 0.6 is 0 Å². The van der Waals surface area contributed by atoms with Crippen LogP contribution in [0.15, 0.2) is 64.3 Å². The monoisotopic (exact) mass is 490 g/mol. The number of benzene rings is 2. The summed E-state index contributed by atoms with van der Waals surface area (Å²) in [6.45, 7) is 13.9. The molecule has 2 heterocycles. The maximum atomic E-state index is 13.7. The van der Waals surface area contributed by atoms with Gasteiger partial charge in [0.25, 0.3) is 5.91 Å². The molecule has 3 aromatic rings. The molecule has 1 unspecified atom stereocenters. The first-order valence-electron chi connectivity index (χ1n) is 12.6. The Morgan fingerprint density at radius 1 is 1.06 bits per heavy atom. The van der Waals surface area contributed by atoms with Crippen molar-refractivity contribution in [2.75, 3.05) is 39.4 Å². The van der Waals surface area contributed by atoms with Crippen molar-refractivity contribution in [3.63, 3.8) is 0 Å². The van der Waals surface area contributed by atoms with Crippen molar-refractivity contribution < 1.29 is 18.7 Å². The van der Waals surface area contributed by atoms with E-state index in [4.69, 9.17) is 13.9 Å². The van der Waals surface area contributed by atoms with Crippen LogP contribution in [0.3, 0.4) is 0 Å². The van der Waals surface area contributed by atoms with E-state index in [0.717, 1.165) is 31.6 Å². The minimum absolute atomic E-state index is 0.122. The van der Waals surface area contributed by atoms with Gasteiger partial charge < -0.3 is 23.7 Å². The molecule has 36 heavy (non-hydrogen) atoms. The van der Waals surface area contributed by atoms with E-state index in [1.807, 2.05) is 25.1 Å². The average molecular weight is 491 g/mol. The lowest BCUT2D eigenvalue weighted by molar-refractivity contribution is 0.0720. The van der Waals surface area contributed by atoms with Crippen molar-refractivity contribution >= 4 is 16.9 Å². The minimum atomic E-state index is -0.572. The topological polar surface area (TPSA) is 72.2 Å². The van der Waals surface area contributed by atoms with Gasteiger partial charge >= 0.3 is 0 Å². The van der Waals surface area contributed by atoms with Crippen LogP contribution in [0, 0.1) is 0 Å². The van der Waals surface area contributed by atoms with Crippen LogP contribution in [0.5, 0.6) is 11.5 Å². The highest BCUT2D eigenvalue weighted by Crippen LogP contribution is 2.41. The molecule has 7 heteroatoms. The van der Waals surface area contributed by atoms with Crippen molar-refractivity contribution in [1.29, 1.82) is 0 Å². The highest BCUT2D eigenvalue weighted by atomic mass is 16.5. The summed E-state index contributed by atoms with van der Waals surface area (Å²) in [5, 5.41) is 0.468. The molecule has 1 aliphatic rings. The van der Waals surface area contributed by atoms with Gasteiger partial charge in [-0.1, -0.05) is 44.7 Å². The zero-order valence-electron chi connectivity index (χ0n) is 21.3. The summed E-state index contributed by atoms with van der Waals surface area (Å²) < 4.78 is 17.7. The highest BCUT2D eigenvalue weighted by Gasteiger charge is 2.42. The van der Waals surface area contributed by atoms with Crippen molar-refractivity contribution in [3.8, 4) is 11.5 Å². The number of carbonyl (C=O) groups is 1. The fourth-order valence-corrected chi connectivity index (χ4v) is 4.78. The number of carbonyl (C=O) groups excluding carboxylic acids is 1. The molecular formula is C29H34N2O5. The van der Waals surface area contributed by atoms with Crippen LogP contribution < -0.4 is 14.9 Å². The Labute approximate surface area is 211 Å². The molecule has 0 saturated carbocycles. The molecule has 0 fully saturated rings. The highest BCUT2D eigenvalue weighted by molar-refractivity contribution is 5.99. The number of ether oxygens (including phenoxy) is 2. The summed E-state index contributed by atoms with van der Waals surface area (Å²) in [7, 11) is 0. The lowest BCUT2D eigenvalue weighted by Gasteiger charge is -2.27. The van der Waals surface area contributed by atoms with Gasteiger partial charge in [0.15, 0.2) is 16.9 Å². The Bertz CT molecular complexity index is 1290. The standard InChI is InChI=1S/C29H34N2O5/c1-5-18-35-23-15-14-20(19-24(23)34-8-4)26-25-27(32)21-12-9-10-13-22(21)36-28(25)29(33)31(26)17-11-16-30(6-2)7-3/h5,9-10,12-15,19,26H,1,6-8,11,16-18H2,2-4H3. The van der Waals surface area contributed by atoms with Crippen molar-refractivity contribution in [1.82, 2.24) is 9.80 Å². The van der Waals surface area contributed by atoms with E-state index in [0.29, 0.717) is 47.8 Å². The molecule has 0 saturated heterocycles. The predicted octanol–water partition coefficient (Wildman–Crippen LogP) is 5.03. The summed E-state index contributed by atoms with van der Waals surface area (Å²) in [4.78, 5) is 31.4. The Hall–Kier alpha value is -3.58. The smallest absolute Gasteiger partial charge is 0.290 e. The molecule has 0 spiro atoms. The second-order valence-electron chi connectivity index (χ2n) is 8.69. The molecule has 0 bridgehead atoms. The van der Waals surface area contributed by atoms with E-state index in [2.05, 4.69) is 25.3 Å². The van der Waals surface area contributed by atoms with Gasteiger partial charge in [0.2, 0.25) is 5.76 Å². The first-order valence-corrected chi connectivity index (χ1v) is 12.6. The number of rotatable bonds is 12. The number of amides is 1. The molecule has 0 aliphatic carbocycles. The molecule has 4 rings (SSSR count). The van der Waals surface area contributed by atoms with Gasteiger partial charge in [-0.2, -0.15) is 0 Å². The van der Waals surface area contributed by atoms with Gasteiger partial charge in [0.1, 0.15) is 12.2 Å². The van der Waals surface area contributed by atoms with E-state index >= 15 is 0 Å². The van der Waals surface area contributed by atoms with Crippen LogP contribution in [0.1, 0.15) is 54.9 Å². The third-order valence-electron chi connectivity index (χ3n) is 6.58. The SMILES string of the molecule is C=CCOc1ccc(C2c3c(oc4ccccc4c3=O)C(=O)N2CCCN(CC)CC)cc1OCC. The summed E-state index contributed by atoms with van der Waals surface area (Å²) >= 11 is 0. The number of hydrogen-bond acceptors (Lipinski definition) is 6. The van der Waals surface area contributed by atoms with Gasteiger partial charge in [-0.15, -0.1) is 0 Å². The van der Waals surface area contributed by atoms with Crippen LogP contribution in [-0.4, -0.2) is 55.1 Å². The number of para-hydroxylation sites is 1.